The van der Waals surface area contributed by atoms with Gasteiger partial charge in [-0.1, -0.05) is 33.1 Å². The third kappa shape index (κ3) is 2.76. The first kappa shape index (κ1) is 14.3. The van der Waals surface area contributed by atoms with E-state index in [-0.39, 0.29) is 17.4 Å². The Balaban J connectivity index is 2.02. The van der Waals surface area contributed by atoms with E-state index < -0.39 is 5.54 Å². The van der Waals surface area contributed by atoms with Gasteiger partial charge in [-0.25, -0.2) is 4.79 Å². The standard InChI is InChI=1S/C14H25N3O2/c1-13(2,10-15)8-9-17-11(18)14(16-12(17)19)6-4-3-5-7-14/h3-10,15H2,1-2H3,(H,16,19). The number of carbonyl (C=O) groups excluding carboxylic acids is 2. The van der Waals surface area contributed by atoms with Crippen LogP contribution < -0.4 is 11.1 Å². The van der Waals surface area contributed by atoms with Gasteiger partial charge in [-0.15, -0.1) is 0 Å². The van der Waals surface area contributed by atoms with Crippen molar-refractivity contribution in [1.82, 2.24) is 10.2 Å². The van der Waals surface area contributed by atoms with Crippen LogP contribution in [0.25, 0.3) is 0 Å². The maximum absolute atomic E-state index is 12.5. The molecule has 0 aromatic carbocycles. The lowest BCUT2D eigenvalue weighted by molar-refractivity contribution is -0.132. The summed E-state index contributed by atoms with van der Waals surface area (Å²) in [5.74, 6) is -0.0231. The lowest BCUT2D eigenvalue weighted by Gasteiger charge is -2.31. The quantitative estimate of drug-likeness (QED) is 0.760. The van der Waals surface area contributed by atoms with E-state index in [0.717, 1.165) is 38.5 Å². The molecule has 5 heteroatoms. The third-order valence-electron chi connectivity index (χ3n) is 4.52. The van der Waals surface area contributed by atoms with Crippen molar-refractivity contribution in [2.45, 2.75) is 57.9 Å². The molecular formula is C14H25N3O2. The summed E-state index contributed by atoms with van der Waals surface area (Å²) in [6, 6.07) is -0.222. The summed E-state index contributed by atoms with van der Waals surface area (Å²) in [7, 11) is 0. The van der Waals surface area contributed by atoms with E-state index in [0.29, 0.717) is 13.1 Å². The fraction of sp³-hybridized carbons (Fsp3) is 0.857. The van der Waals surface area contributed by atoms with E-state index in [2.05, 4.69) is 19.2 Å². The SMILES string of the molecule is CC(C)(CN)CCN1C(=O)NC2(CCCCC2)C1=O. The number of imide groups is 1. The molecule has 108 valence electrons. The largest absolute Gasteiger partial charge is 0.330 e. The van der Waals surface area contributed by atoms with E-state index in [4.69, 9.17) is 5.73 Å². The highest BCUT2D eigenvalue weighted by Crippen LogP contribution is 2.34. The van der Waals surface area contributed by atoms with Crippen LogP contribution >= 0.6 is 0 Å². The Labute approximate surface area is 114 Å². The van der Waals surface area contributed by atoms with Crippen molar-refractivity contribution < 1.29 is 9.59 Å². The first-order valence-electron chi connectivity index (χ1n) is 7.24. The third-order valence-corrected chi connectivity index (χ3v) is 4.52. The van der Waals surface area contributed by atoms with Crippen LogP contribution in [-0.2, 0) is 4.79 Å². The molecule has 19 heavy (non-hydrogen) atoms. The van der Waals surface area contributed by atoms with E-state index in [1.807, 2.05) is 0 Å². The summed E-state index contributed by atoms with van der Waals surface area (Å²) >= 11 is 0. The minimum atomic E-state index is -0.595. The first-order valence-corrected chi connectivity index (χ1v) is 7.24. The zero-order chi connectivity index (χ0) is 14.1. The molecule has 0 radical (unpaired) electrons. The van der Waals surface area contributed by atoms with Crippen LogP contribution in [0.1, 0.15) is 52.4 Å². The highest BCUT2D eigenvalue weighted by Gasteiger charge is 2.51. The monoisotopic (exact) mass is 267 g/mol. The van der Waals surface area contributed by atoms with Crippen molar-refractivity contribution in [3.8, 4) is 0 Å². The number of urea groups is 1. The zero-order valence-corrected chi connectivity index (χ0v) is 12.0. The molecule has 1 heterocycles. The lowest BCUT2D eigenvalue weighted by atomic mass is 9.81. The van der Waals surface area contributed by atoms with Gasteiger partial charge < -0.3 is 11.1 Å². The van der Waals surface area contributed by atoms with Crippen molar-refractivity contribution in [2.75, 3.05) is 13.1 Å². The van der Waals surface area contributed by atoms with Crippen LogP contribution in [0.2, 0.25) is 0 Å². The van der Waals surface area contributed by atoms with Gasteiger partial charge in [0.15, 0.2) is 0 Å². The second-order valence-corrected chi connectivity index (χ2v) is 6.65. The number of amides is 3. The Bertz CT molecular complexity index is 373. The molecule has 0 atom stereocenters. The molecule has 1 saturated heterocycles. The Hall–Kier alpha value is -1.10. The fourth-order valence-electron chi connectivity index (χ4n) is 2.89. The van der Waals surface area contributed by atoms with Gasteiger partial charge in [-0.3, -0.25) is 9.69 Å². The molecule has 2 rings (SSSR count). The van der Waals surface area contributed by atoms with Crippen molar-refractivity contribution in [3.05, 3.63) is 0 Å². The van der Waals surface area contributed by atoms with Crippen LogP contribution in [0.4, 0.5) is 4.79 Å². The van der Waals surface area contributed by atoms with E-state index in [9.17, 15) is 9.59 Å². The number of nitrogens with zero attached hydrogens (tertiary/aromatic N) is 1. The highest BCUT2D eigenvalue weighted by molar-refractivity contribution is 6.07. The maximum atomic E-state index is 12.5. The average Bonchev–Trinajstić information content (AvgIpc) is 2.60. The predicted molar refractivity (Wildman–Crippen MR) is 73.5 cm³/mol. The van der Waals surface area contributed by atoms with Gasteiger partial charge >= 0.3 is 6.03 Å². The van der Waals surface area contributed by atoms with Gasteiger partial charge in [-0.05, 0) is 31.2 Å². The first-order chi connectivity index (χ1) is 8.90. The second kappa shape index (κ2) is 5.12. The number of hydrogen-bond donors (Lipinski definition) is 2. The van der Waals surface area contributed by atoms with Crippen LogP contribution in [0.5, 0.6) is 0 Å². The molecule has 1 spiro atoms. The molecule has 1 aliphatic heterocycles. The topological polar surface area (TPSA) is 75.4 Å². The Morgan fingerprint density at radius 2 is 1.89 bits per heavy atom. The van der Waals surface area contributed by atoms with Gasteiger partial charge in [0.05, 0.1) is 0 Å². The molecule has 5 nitrogen and oxygen atoms in total. The van der Waals surface area contributed by atoms with Gasteiger partial charge in [-0.2, -0.15) is 0 Å². The summed E-state index contributed by atoms with van der Waals surface area (Å²) in [4.78, 5) is 25.9. The summed E-state index contributed by atoms with van der Waals surface area (Å²) in [5, 5.41) is 2.93. The van der Waals surface area contributed by atoms with E-state index in [1.165, 1.54) is 4.90 Å². The predicted octanol–water partition coefficient (Wildman–Crippen LogP) is 1.62. The van der Waals surface area contributed by atoms with Crippen LogP contribution in [-0.4, -0.2) is 35.5 Å². The Kier molecular flexibility index (Phi) is 3.85. The Morgan fingerprint density at radius 1 is 1.26 bits per heavy atom. The molecule has 1 saturated carbocycles. The maximum Gasteiger partial charge on any atom is 0.325 e. The zero-order valence-electron chi connectivity index (χ0n) is 12.0. The van der Waals surface area contributed by atoms with Crippen molar-refractivity contribution in [1.29, 1.82) is 0 Å². The summed E-state index contributed by atoms with van der Waals surface area (Å²) in [5.41, 5.74) is 5.06. The molecule has 1 aliphatic carbocycles. The van der Waals surface area contributed by atoms with Crippen molar-refractivity contribution >= 4 is 11.9 Å². The molecule has 2 fully saturated rings. The molecule has 0 unspecified atom stereocenters. The fourth-order valence-corrected chi connectivity index (χ4v) is 2.89. The molecular weight excluding hydrogens is 242 g/mol. The van der Waals surface area contributed by atoms with Crippen LogP contribution in [0.3, 0.4) is 0 Å². The van der Waals surface area contributed by atoms with Gasteiger partial charge in [0, 0.05) is 6.54 Å². The summed E-state index contributed by atoms with van der Waals surface area (Å²) in [6.45, 7) is 5.14. The molecule has 0 aromatic rings. The number of hydrogen-bond acceptors (Lipinski definition) is 3. The molecule has 0 bridgehead atoms. The number of nitrogens with two attached hydrogens (primary N) is 1. The highest BCUT2D eigenvalue weighted by atomic mass is 16.2. The van der Waals surface area contributed by atoms with Gasteiger partial charge in [0.2, 0.25) is 0 Å². The van der Waals surface area contributed by atoms with Crippen LogP contribution in [0.15, 0.2) is 0 Å². The summed E-state index contributed by atoms with van der Waals surface area (Å²) < 4.78 is 0. The van der Waals surface area contributed by atoms with Crippen LogP contribution in [0, 0.1) is 5.41 Å². The minimum Gasteiger partial charge on any atom is -0.330 e. The van der Waals surface area contributed by atoms with Crippen molar-refractivity contribution in [3.63, 3.8) is 0 Å². The molecule has 3 N–H and O–H groups in total. The lowest BCUT2D eigenvalue weighted by Crippen LogP contribution is -2.48. The van der Waals surface area contributed by atoms with E-state index in [1.54, 1.807) is 0 Å². The molecule has 3 amide bonds. The smallest absolute Gasteiger partial charge is 0.325 e. The van der Waals surface area contributed by atoms with Gasteiger partial charge in [0.25, 0.3) is 5.91 Å². The van der Waals surface area contributed by atoms with E-state index >= 15 is 0 Å². The molecule has 2 aliphatic rings. The average molecular weight is 267 g/mol. The summed E-state index contributed by atoms with van der Waals surface area (Å²) in [6.07, 6.45) is 5.52. The van der Waals surface area contributed by atoms with Crippen molar-refractivity contribution in [2.24, 2.45) is 11.1 Å². The second-order valence-electron chi connectivity index (χ2n) is 6.65. The number of carbonyl (C=O) groups is 2. The number of nitrogens with one attached hydrogen (secondary N) is 1. The normalized spacial score (nSPS) is 23.0. The number of rotatable bonds is 4. The molecule has 0 aromatic heterocycles. The Morgan fingerprint density at radius 3 is 2.47 bits per heavy atom. The van der Waals surface area contributed by atoms with Gasteiger partial charge in [0.1, 0.15) is 5.54 Å². The minimum absolute atomic E-state index is 0.0231.